The van der Waals surface area contributed by atoms with E-state index in [1.54, 1.807) is 0 Å². The molecule has 7 aromatic carbocycles. The maximum absolute atomic E-state index is 10.3. The minimum atomic E-state index is 0.552. The number of nitrogens with zero attached hydrogens (tertiary/aromatic N) is 5. The quantitative estimate of drug-likeness (QED) is 0.193. The van der Waals surface area contributed by atoms with Crippen molar-refractivity contribution in [2.45, 2.75) is 0 Å². The molecule has 5 nitrogen and oxygen atoms in total. The Morgan fingerprint density at radius 1 is 0.380 bits per heavy atom. The van der Waals surface area contributed by atoms with Gasteiger partial charge < -0.3 is 9.13 Å². The Bertz CT molecular complexity index is 2830. The van der Waals surface area contributed by atoms with Crippen molar-refractivity contribution in [3.8, 4) is 51.8 Å². The zero-order valence-electron chi connectivity index (χ0n) is 26.7. The number of para-hydroxylation sites is 3. The fraction of sp³-hybridized carbons (Fsp3) is 0. The van der Waals surface area contributed by atoms with Crippen LogP contribution in [0.15, 0.2) is 152 Å². The number of benzene rings is 7. The van der Waals surface area contributed by atoms with E-state index < -0.39 is 0 Å². The smallest absolute Gasteiger partial charge is 0.0998 e. The third-order valence-electron chi connectivity index (χ3n) is 9.64. The highest BCUT2D eigenvalue weighted by Crippen LogP contribution is 2.39. The Labute approximate surface area is 287 Å². The summed E-state index contributed by atoms with van der Waals surface area (Å²) in [7, 11) is 0. The van der Waals surface area contributed by atoms with Crippen molar-refractivity contribution >= 4 is 43.6 Å². The van der Waals surface area contributed by atoms with Gasteiger partial charge in [-0.1, -0.05) is 72.8 Å². The molecule has 0 unspecified atom stereocenters. The fourth-order valence-electron chi connectivity index (χ4n) is 7.37. The molecule has 2 heterocycles. The van der Waals surface area contributed by atoms with E-state index in [1.807, 2.05) is 66.7 Å². The standard InChI is InChI=1S/C45H25N5/c46-26-29-13-21-44-39(23-29)40-24-30(27-47)14-22-45(40)50(44)43-12-6-3-9-37(43)38-25-32(15-16-33(38)28-48)31-17-19-34(20-18-31)49-41-10-4-1-7-35(41)36-8-2-5-11-42(36)49/h1-25H. The van der Waals surface area contributed by atoms with E-state index in [0.717, 1.165) is 66.5 Å². The lowest BCUT2D eigenvalue weighted by Gasteiger charge is -2.16. The van der Waals surface area contributed by atoms with Crippen LogP contribution in [0, 0.1) is 34.0 Å². The minimum absolute atomic E-state index is 0.552. The van der Waals surface area contributed by atoms with Crippen LogP contribution >= 0.6 is 0 Å². The molecule has 0 bridgehead atoms. The molecule has 0 aliphatic heterocycles. The molecule has 0 N–H and O–H groups in total. The van der Waals surface area contributed by atoms with Crippen LogP contribution in [0.25, 0.3) is 77.2 Å². The van der Waals surface area contributed by atoms with Crippen LogP contribution in [0.1, 0.15) is 16.7 Å². The van der Waals surface area contributed by atoms with E-state index in [1.165, 1.54) is 10.8 Å². The number of hydrogen-bond acceptors (Lipinski definition) is 3. The first-order valence-electron chi connectivity index (χ1n) is 16.3. The highest BCUT2D eigenvalue weighted by atomic mass is 15.0. The molecule has 9 rings (SSSR count). The van der Waals surface area contributed by atoms with Gasteiger partial charge in [-0.05, 0) is 90.0 Å². The van der Waals surface area contributed by atoms with Gasteiger partial charge in [0.05, 0.1) is 62.7 Å². The average molecular weight is 636 g/mol. The summed E-state index contributed by atoms with van der Waals surface area (Å²) in [6, 6.07) is 57.9. The number of fused-ring (bicyclic) bond motifs is 6. The molecule has 0 amide bonds. The summed E-state index contributed by atoms with van der Waals surface area (Å²) in [5, 5.41) is 33.9. The fourth-order valence-corrected chi connectivity index (χ4v) is 7.37. The normalized spacial score (nSPS) is 11.1. The van der Waals surface area contributed by atoms with Gasteiger partial charge >= 0.3 is 0 Å². The van der Waals surface area contributed by atoms with Gasteiger partial charge in [0.25, 0.3) is 0 Å². The van der Waals surface area contributed by atoms with Crippen molar-refractivity contribution in [2.24, 2.45) is 0 Å². The maximum Gasteiger partial charge on any atom is 0.0998 e. The molecule has 0 saturated heterocycles. The lowest BCUT2D eigenvalue weighted by molar-refractivity contribution is 1.18. The number of hydrogen-bond donors (Lipinski definition) is 0. The summed E-state index contributed by atoms with van der Waals surface area (Å²) < 4.78 is 4.47. The Morgan fingerprint density at radius 2 is 0.920 bits per heavy atom. The molecular formula is C45H25N5. The van der Waals surface area contributed by atoms with Crippen molar-refractivity contribution in [1.29, 1.82) is 15.8 Å². The molecule has 5 heteroatoms. The molecule has 0 aliphatic rings. The lowest BCUT2D eigenvalue weighted by Crippen LogP contribution is -1.98. The zero-order valence-corrected chi connectivity index (χ0v) is 26.7. The summed E-state index contributed by atoms with van der Waals surface area (Å²) in [6.45, 7) is 0. The summed E-state index contributed by atoms with van der Waals surface area (Å²) in [5.41, 5.74) is 11.6. The molecular weight excluding hydrogens is 611 g/mol. The van der Waals surface area contributed by atoms with E-state index in [4.69, 9.17) is 0 Å². The highest BCUT2D eigenvalue weighted by molar-refractivity contribution is 6.11. The van der Waals surface area contributed by atoms with Crippen LogP contribution < -0.4 is 0 Å². The van der Waals surface area contributed by atoms with Gasteiger partial charge in [-0.15, -0.1) is 0 Å². The van der Waals surface area contributed by atoms with E-state index in [0.29, 0.717) is 16.7 Å². The van der Waals surface area contributed by atoms with Crippen LogP contribution in [-0.4, -0.2) is 9.13 Å². The molecule has 50 heavy (non-hydrogen) atoms. The largest absolute Gasteiger partial charge is 0.309 e. The second-order valence-electron chi connectivity index (χ2n) is 12.3. The second-order valence-corrected chi connectivity index (χ2v) is 12.3. The van der Waals surface area contributed by atoms with Crippen LogP contribution in [0.2, 0.25) is 0 Å². The summed E-state index contributed by atoms with van der Waals surface area (Å²) in [6.07, 6.45) is 0. The van der Waals surface area contributed by atoms with Gasteiger partial charge in [-0.2, -0.15) is 15.8 Å². The summed E-state index contributed by atoms with van der Waals surface area (Å²) in [5.74, 6) is 0. The van der Waals surface area contributed by atoms with Crippen molar-refractivity contribution in [3.63, 3.8) is 0 Å². The van der Waals surface area contributed by atoms with E-state index >= 15 is 0 Å². The van der Waals surface area contributed by atoms with Gasteiger partial charge in [-0.25, -0.2) is 0 Å². The highest BCUT2D eigenvalue weighted by Gasteiger charge is 2.19. The zero-order chi connectivity index (χ0) is 33.8. The molecule has 0 aliphatic carbocycles. The van der Waals surface area contributed by atoms with Crippen LogP contribution in [0.5, 0.6) is 0 Å². The third kappa shape index (κ3) is 4.38. The van der Waals surface area contributed by atoms with Gasteiger partial charge in [0.1, 0.15) is 0 Å². The first kappa shape index (κ1) is 28.8. The van der Waals surface area contributed by atoms with Gasteiger partial charge in [-0.3, -0.25) is 0 Å². The van der Waals surface area contributed by atoms with Crippen molar-refractivity contribution < 1.29 is 0 Å². The van der Waals surface area contributed by atoms with Crippen LogP contribution in [0.3, 0.4) is 0 Å². The molecule has 0 radical (unpaired) electrons. The predicted octanol–water partition coefficient (Wildman–Crippen LogP) is 10.8. The first-order valence-corrected chi connectivity index (χ1v) is 16.3. The Balaban J connectivity index is 1.20. The SMILES string of the molecule is N#Cc1ccc2c(c1)c1cc(C#N)ccc1n2-c1ccccc1-c1cc(-c2ccc(-n3c4ccccc4c4ccccc43)cc2)ccc1C#N. The first-order chi connectivity index (χ1) is 24.7. The Kier molecular flexibility index (Phi) is 6.56. The lowest BCUT2D eigenvalue weighted by atomic mass is 9.94. The van der Waals surface area contributed by atoms with E-state index in [-0.39, 0.29) is 0 Å². The van der Waals surface area contributed by atoms with Crippen molar-refractivity contribution in [3.05, 3.63) is 168 Å². The van der Waals surface area contributed by atoms with E-state index in [2.05, 4.69) is 112 Å². The molecule has 230 valence electrons. The van der Waals surface area contributed by atoms with Crippen molar-refractivity contribution in [1.82, 2.24) is 9.13 Å². The predicted molar refractivity (Wildman–Crippen MR) is 200 cm³/mol. The summed E-state index contributed by atoms with van der Waals surface area (Å²) >= 11 is 0. The maximum atomic E-state index is 10.3. The molecule has 2 aromatic heterocycles. The molecule has 0 fully saturated rings. The molecule has 9 aromatic rings. The number of aromatic nitrogens is 2. The summed E-state index contributed by atoms with van der Waals surface area (Å²) in [4.78, 5) is 0. The van der Waals surface area contributed by atoms with E-state index in [9.17, 15) is 15.8 Å². The van der Waals surface area contributed by atoms with Crippen LogP contribution in [-0.2, 0) is 0 Å². The van der Waals surface area contributed by atoms with Crippen LogP contribution in [0.4, 0.5) is 0 Å². The topological polar surface area (TPSA) is 81.2 Å². The molecule has 0 saturated carbocycles. The second kappa shape index (κ2) is 11.4. The molecule has 0 spiro atoms. The Hall–Kier alpha value is -7.39. The van der Waals surface area contributed by atoms with Gasteiger partial charge in [0.2, 0.25) is 0 Å². The monoisotopic (exact) mass is 635 g/mol. The van der Waals surface area contributed by atoms with Crippen molar-refractivity contribution in [2.75, 3.05) is 0 Å². The average Bonchev–Trinajstić information content (AvgIpc) is 3.69. The van der Waals surface area contributed by atoms with Gasteiger partial charge in [0.15, 0.2) is 0 Å². The number of rotatable bonds is 4. The third-order valence-corrected chi connectivity index (χ3v) is 9.64. The number of nitriles is 3. The molecule has 0 atom stereocenters. The Morgan fingerprint density at radius 3 is 1.52 bits per heavy atom. The minimum Gasteiger partial charge on any atom is -0.309 e. The van der Waals surface area contributed by atoms with Gasteiger partial charge in [0, 0.05) is 38.4 Å².